The number of nitrogens with one attached hydrogen (secondary N) is 1. The number of nitrogens with zero attached hydrogens (tertiary/aromatic N) is 3. The summed E-state index contributed by atoms with van der Waals surface area (Å²) in [6.07, 6.45) is -0.963. The van der Waals surface area contributed by atoms with Crippen LogP contribution in [0.5, 0.6) is 0 Å². The molecule has 1 saturated heterocycles. The van der Waals surface area contributed by atoms with Crippen molar-refractivity contribution in [3.05, 3.63) is 59.0 Å². The molecule has 3 rings (SSSR count). The van der Waals surface area contributed by atoms with Gasteiger partial charge in [0, 0.05) is 38.3 Å². The van der Waals surface area contributed by atoms with E-state index in [1.54, 1.807) is 12.1 Å². The van der Waals surface area contributed by atoms with Gasteiger partial charge in [0.15, 0.2) is 6.23 Å². The number of aliphatic hydroxyl groups excluding tert-OH is 1. The number of rotatable bonds is 4. The molecule has 1 fully saturated rings. The largest absolute Gasteiger partial charge is 0.372 e. The van der Waals surface area contributed by atoms with Gasteiger partial charge in [-0.2, -0.15) is 0 Å². The van der Waals surface area contributed by atoms with Gasteiger partial charge in [-0.1, -0.05) is 6.07 Å². The maximum Gasteiger partial charge on any atom is 0.262 e. The maximum absolute atomic E-state index is 13.7. The standard InChI is InChI=1S/C18H19F3N4O2/c1-24-5-7-25(8-6-24)18(27)14-3-2-4-15(22-14)23-17(26)16-12(20)9-11(19)10-13(16)21/h2-4,9-10,18,27H,5-8H2,1H3,(H,22,23,26). The quantitative estimate of drug-likeness (QED) is 0.849. The van der Waals surface area contributed by atoms with Crippen molar-refractivity contribution in [1.29, 1.82) is 0 Å². The van der Waals surface area contributed by atoms with E-state index < -0.39 is 35.2 Å². The normalized spacial score (nSPS) is 16.9. The Morgan fingerprint density at radius 3 is 2.41 bits per heavy atom. The highest BCUT2D eigenvalue weighted by Gasteiger charge is 2.24. The average molecular weight is 380 g/mol. The zero-order valence-corrected chi connectivity index (χ0v) is 14.6. The van der Waals surface area contributed by atoms with Crippen LogP contribution in [0.3, 0.4) is 0 Å². The van der Waals surface area contributed by atoms with E-state index in [1.807, 2.05) is 11.9 Å². The van der Waals surface area contributed by atoms with Crippen LogP contribution in [0.25, 0.3) is 0 Å². The van der Waals surface area contributed by atoms with E-state index >= 15 is 0 Å². The number of amides is 1. The molecule has 0 radical (unpaired) electrons. The Morgan fingerprint density at radius 1 is 1.15 bits per heavy atom. The molecule has 6 nitrogen and oxygen atoms in total. The molecule has 144 valence electrons. The minimum atomic E-state index is -1.31. The van der Waals surface area contributed by atoms with Crippen molar-refractivity contribution in [3.63, 3.8) is 0 Å². The summed E-state index contributed by atoms with van der Waals surface area (Å²) < 4.78 is 40.5. The average Bonchev–Trinajstić information content (AvgIpc) is 2.61. The highest BCUT2D eigenvalue weighted by Crippen LogP contribution is 2.20. The van der Waals surface area contributed by atoms with Crippen molar-refractivity contribution in [1.82, 2.24) is 14.8 Å². The van der Waals surface area contributed by atoms with Crippen LogP contribution >= 0.6 is 0 Å². The number of piperazine rings is 1. The molecule has 0 bridgehead atoms. The van der Waals surface area contributed by atoms with Crippen molar-refractivity contribution in [3.8, 4) is 0 Å². The van der Waals surface area contributed by atoms with Gasteiger partial charge in [-0.15, -0.1) is 0 Å². The van der Waals surface area contributed by atoms with Crippen molar-refractivity contribution >= 4 is 11.7 Å². The third-order valence-corrected chi connectivity index (χ3v) is 4.39. The third kappa shape index (κ3) is 4.44. The molecule has 0 saturated carbocycles. The molecule has 0 spiro atoms. The van der Waals surface area contributed by atoms with Gasteiger partial charge in [-0.3, -0.25) is 9.69 Å². The first-order chi connectivity index (χ1) is 12.8. The van der Waals surface area contributed by atoms with Crippen LogP contribution in [-0.4, -0.2) is 59.0 Å². The second-order valence-electron chi connectivity index (χ2n) is 6.36. The van der Waals surface area contributed by atoms with E-state index in [4.69, 9.17) is 0 Å². The highest BCUT2D eigenvalue weighted by molar-refractivity contribution is 6.04. The molecule has 9 heteroatoms. The van der Waals surface area contributed by atoms with E-state index in [9.17, 15) is 23.1 Å². The number of likely N-dealkylation sites (N-methyl/N-ethyl adjacent to an activating group) is 1. The zero-order valence-electron chi connectivity index (χ0n) is 14.6. The molecule has 1 aromatic carbocycles. The minimum Gasteiger partial charge on any atom is -0.372 e. The summed E-state index contributed by atoms with van der Waals surface area (Å²) >= 11 is 0. The number of carbonyl (C=O) groups excluding carboxylic acids is 1. The SMILES string of the molecule is CN1CCN(C(O)c2cccc(NC(=O)c3c(F)cc(F)cc3F)n2)CC1. The van der Waals surface area contributed by atoms with E-state index in [-0.39, 0.29) is 5.82 Å². The number of halogens is 3. The van der Waals surface area contributed by atoms with Crippen LogP contribution in [0.1, 0.15) is 22.3 Å². The number of anilines is 1. The van der Waals surface area contributed by atoms with Crippen LogP contribution in [0, 0.1) is 17.5 Å². The Hall–Kier alpha value is -2.49. The van der Waals surface area contributed by atoms with E-state index in [2.05, 4.69) is 15.2 Å². The number of hydrogen-bond donors (Lipinski definition) is 2. The summed E-state index contributed by atoms with van der Waals surface area (Å²) in [4.78, 5) is 20.3. The summed E-state index contributed by atoms with van der Waals surface area (Å²) in [7, 11) is 1.99. The van der Waals surface area contributed by atoms with Gasteiger partial charge in [0.25, 0.3) is 5.91 Å². The fourth-order valence-electron chi connectivity index (χ4n) is 2.86. The van der Waals surface area contributed by atoms with Gasteiger partial charge < -0.3 is 15.3 Å². The second kappa shape index (κ2) is 8.03. The predicted molar refractivity (Wildman–Crippen MR) is 92.5 cm³/mol. The third-order valence-electron chi connectivity index (χ3n) is 4.39. The van der Waals surface area contributed by atoms with Crippen molar-refractivity contribution in [2.75, 3.05) is 38.5 Å². The van der Waals surface area contributed by atoms with E-state index in [0.29, 0.717) is 30.9 Å². The van der Waals surface area contributed by atoms with Crippen LogP contribution in [0.4, 0.5) is 19.0 Å². The molecule has 1 aromatic heterocycles. The van der Waals surface area contributed by atoms with E-state index in [1.165, 1.54) is 6.07 Å². The van der Waals surface area contributed by atoms with Crippen LogP contribution in [0.15, 0.2) is 30.3 Å². The number of pyridine rings is 1. The lowest BCUT2D eigenvalue weighted by molar-refractivity contribution is -0.0258. The number of benzene rings is 1. The first-order valence-corrected chi connectivity index (χ1v) is 8.38. The molecular formula is C18H19F3N4O2. The molecule has 2 heterocycles. The molecule has 1 atom stereocenters. The monoisotopic (exact) mass is 380 g/mol. The lowest BCUT2D eigenvalue weighted by atomic mass is 10.1. The van der Waals surface area contributed by atoms with Gasteiger partial charge >= 0.3 is 0 Å². The molecule has 1 aliphatic rings. The first-order valence-electron chi connectivity index (χ1n) is 8.38. The van der Waals surface area contributed by atoms with Crippen LogP contribution < -0.4 is 5.32 Å². The van der Waals surface area contributed by atoms with Gasteiger partial charge in [0.05, 0.1) is 5.69 Å². The molecule has 0 aliphatic carbocycles. The fourth-order valence-corrected chi connectivity index (χ4v) is 2.86. The summed E-state index contributed by atoms with van der Waals surface area (Å²) in [6.45, 7) is 2.91. The summed E-state index contributed by atoms with van der Waals surface area (Å²) in [5.74, 6) is -4.80. The molecule has 2 N–H and O–H groups in total. The first kappa shape index (κ1) is 19.3. The Morgan fingerprint density at radius 2 is 1.78 bits per heavy atom. The Labute approximate surface area is 154 Å². The number of aromatic nitrogens is 1. The Kier molecular flexibility index (Phi) is 5.73. The lowest BCUT2D eigenvalue weighted by Gasteiger charge is -2.35. The molecule has 1 aliphatic heterocycles. The van der Waals surface area contributed by atoms with E-state index in [0.717, 1.165) is 13.1 Å². The smallest absolute Gasteiger partial charge is 0.262 e. The number of carbonyl (C=O) groups is 1. The molecule has 1 unspecified atom stereocenters. The number of hydrogen-bond acceptors (Lipinski definition) is 5. The zero-order chi connectivity index (χ0) is 19.6. The summed E-state index contributed by atoms with van der Waals surface area (Å²) in [5, 5.41) is 12.8. The molecular weight excluding hydrogens is 361 g/mol. The summed E-state index contributed by atoms with van der Waals surface area (Å²) in [5.41, 5.74) is -0.597. The van der Waals surface area contributed by atoms with Gasteiger partial charge in [0.2, 0.25) is 0 Å². The molecule has 1 amide bonds. The highest BCUT2D eigenvalue weighted by atomic mass is 19.1. The predicted octanol–water partition coefficient (Wildman–Crippen LogP) is 1.99. The van der Waals surface area contributed by atoms with Crippen molar-refractivity contribution in [2.24, 2.45) is 0 Å². The fraction of sp³-hybridized carbons (Fsp3) is 0.333. The second-order valence-corrected chi connectivity index (χ2v) is 6.36. The molecule has 27 heavy (non-hydrogen) atoms. The topological polar surface area (TPSA) is 68.7 Å². The number of aliphatic hydroxyl groups is 1. The van der Waals surface area contributed by atoms with Gasteiger partial charge in [-0.25, -0.2) is 18.2 Å². The van der Waals surface area contributed by atoms with Crippen molar-refractivity contribution < 1.29 is 23.1 Å². The maximum atomic E-state index is 13.7. The van der Waals surface area contributed by atoms with Crippen LogP contribution in [-0.2, 0) is 0 Å². The van der Waals surface area contributed by atoms with Gasteiger partial charge in [-0.05, 0) is 19.2 Å². The van der Waals surface area contributed by atoms with Crippen molar-refractivity contribution in [2.45, 2.75) is 6.23 Å². The molecule has 2 aromatic rings. The summed E-state index contributed by atoms with van der Waals surface area (Å²) in [6, 6.07) is 5.45. The Balaban J connectivity index is 1.75. The Bertz CT molecular complexity index is 818. The van der Waals surface area contributed by atoms with Gasteiger partial charge in [0.1, 0.15) is 28.8 Å². The lowest BCUT2D eigenvalue weighted by Crippen LogP contribution is -2.46. The minimum absolute atomic E-state index is 0.0220. The van der Waals surface area contributed by atoms with Crippen LogP contribution in [0.2, 0.25) is 0 Å².